The maximum absolute atomic E-state index is 4.48. The minimum Gasteiger partial charge on any atom is -0.245 e. The average Bonchev–Trinajstić information content (AvgIpc) is 3.59. The molecule has 4 heteroatoms. The lowest BCUT2D eigenvalue weighted by molar-refractivity contribution is 1.41. The third-order valence-corrected chi connectivity index (χ3v) is 7.27. The third-order valence-electron chi connectivity index (χ3n) is 5.63. The highest BCUT2D eigenvalue weighted by Gasteiger charge is 2.12. The Balaban J connectivity index is 1.50. The molecule has 6 aromatic rings. The molecule has 0 bridgehead atoms. The van der Waals surface area contributed by atoms with Gasteiger partial charge in [-0.05, 0) is 45.2 Å². The highest BCUT2D eigenvalue weighted by atomic mass is 32.1. The van der Waals surface area contributed by atoms with Gasteiger partial charge in [-0.1, -0.05) is 72.8 Å². The van der Waals surface area contributed by atoms with E-state index in [1.807, 2.05) is 23.2 Å². The van der Waals surface area contributed by atoms with E-state index in [9.17, 15) is 0 Å². The van der Waals surface area contributed by atoms with Crippen molar-refractivity contribution < 1.29 is 0 Å². The van der Waals surface area contributed by atoms with Crippen LogP contribution in [0.1, 0.15) is 0 Å². The van der Waals surface area contributed by atoms with E-state index in [1.165, 1.54) is 33.0 Å². The van der Waals surface area contributed by atoms with Crippen LogP contribution in [0.3, 0.4) is 0 Å². The molecule has 0 N–H and O–H groups in total. The van der Waals surface area contributed by atoms with Crippen LogP contribution in [0, 0.1) is 0 Å². The molecule has 0 amide bonds. The highest BCUT2D eigenvalue weighted by molar-refractivity contribution is 7.13. The SMILES string of the molecule is c1cc(-c2nccs2)cc(-c2ccc(-c3cccc(-c4nccs4)c3)c3ccccc23)c1. The molecule has 0 spiro atoms. The van der Waals surface area contributed by atoms with Crippen LogP contribution in [0.5, 0.6) is 0 Å². The molecule has 0 aliphatic heterocycles. The van der Waals surface area contributed by atoms with Crippen molar-refractivity contribution in [2.45, 2.75) is 0 Å². The number of rotatable bonds is 4. The van der Waals surface area contributed by atoms with Gasteiger partial charge in [-0.15, -0.1) is 22.7 Å². The first-order chi connectivity index (χ1) is 15.9. The molecule has 152 valence electrons. The predicted molar refractivity (Wildman–Crippen MR) is 137 cm³/mol. The maximum atomic E-state index is 4.48. The molecule has 0 radical (unpaired) electrons. The zero-order chi connectivity index (χ0) is 21.3. The first kappa shape index (κ1) is 19.1. The normalized spacial score (nSPS) is 11.1. The van der Waals surface area contributed by atoms with E-state index in [2.05, 4.69) is 94.9 Å². The lowest BCUT2D eigenvalue weighted by Gasteiger charge is -2.13. The second-order valence-corrected chi connectivity index (χ2v) is 9.33. The molecular formula is C28H18N2S2. The summed E-state index contributed by atoms with van der Waals surface area (Å²) >= 11 is 3.34. The molecule has 0 saturated carbocycles. The van der Waals surface area contributed by atoms with E-state index in [1.54, 1.807) is 22.7 Å². The summed E-state index contributed by atoms with van der Waals surface area (Å²) in [5.41, 5.74) is 7.19. The maximum Gasteiger partial charge on any atom is 0.123 e. The lowest BCUT2D eigenvalue weighted by atomic mass is 9.91. The standard InChI is InChI=1S/C28H18N2S2/c1-2-10-26-24(20-6-4-8-22(18-20)28-30-14-16-32-28)12-11-23(25(26)9-1)19-5-3-7-21(17-19)27-29-13-15-31-27/h1-18H. The van der Waals surface area contributed by atoms with Gasteiger partial charge in [0.05, 0.1) is 0 Å². The first-order valence-corrected chi connectivity index (χ1v) is 12.2. The molecule has 0 aliphatic carbocycles. The van der Waals surface area contributed by atoms with Crippen LogP contribution in [-0.4, -0.2) is 9.97 Å². The van der Waals surface area contributed by atoms with Crippen LogP contribution in [0.25, 0.3) is 54.2 Å². The molecule has 0 aliphatic rings. The van der Waals surface area contributed by atoms with Crippen LogP contribution < -0.4 is 0 Å². The largest absolute Gasteiger partial charge is 0.245 e. The number of benzene rings is 4. The molecule has 32 heavy (non-hydrogen) atoms. The summed E-state index contributed by atoms with van der Waals surface area (Å²) < 4.78 is 0. The van der Waals surface area contributed by atoms with E-state index in [-0.39, 0.29) is 0 Å². The molecule has 6 rings (SSSR count). The molecule has 0 atom stereocenters. The fourth-order valence-corrected chi connectivity index (χ4v) is 5.44. The van der Waals surface area contributed by atoms with Crippen LogP contribution in [-0.2, 0) is 0 Å². The van der Waals surface area contributed by atoms with Gasteiger partial charge >= 0.3 is 0 Å². The molecule has 0 saturated heterocycles. The van der Waals surface area contributed by atoms with E-state index >= 15 is 0 Å². The number of hydrogen-bond donors (Lipinski definition) is 0. The van der Waals surface area contributed by atoms with Crippen LogP contribution in [0.15, 0.2) is 108 Å². The summed E-state index contributed by atoms with van der Waals surface area (Å²) in [7, 11) is 0. The van der Waals surface area contributed by atoms with Crippen molar-refractivity contribution in [1.82, 2.24) is 9.97 Å². The summed E-state index contributed by atoms with van der Waals surface area (Å²) in [5.74, 6) is 0. The average molecular weight is 447 g/mol. The minimum atomic E-state index is 1.05. The van der Waals surface area contributed by atoms with Gasteiger partial charge in [0.25, 0.3) is 0 Å². The monoisotopic (exact) mass is 446 g/mol. The van der Waals surface area contributed by atoms with E-state index in [0.717, 1.165) is 21.1 Å². The number of thiazole rings is 2. The fraction of sp³-hybridized carbons (Fsp3) is 0. The Bertz CT molecular complexity index is 1400. The van der Waals surface area contributed by atoms with Gasteiger partial charge in [0, 0.05) is 34.3 Å². The van der Waals surface area contributed by atoms with Gasteiger partial charge in [-0.25, -0.2) is 9.97 Å². The van der Waals surface area contributed by atoms with Crippen molar-refractivity contribution in [2.75, 3.05) is 0 Å². The summed E-state index contributed by atoms with van der Waals surface area (Å²) in [6.07, 6.45) is 3.72. The Morgan fingerprint density at radius 3 is 1.38 bits per heavy atom. The molecular weight excluding hydrogens is 428 g/mol. The van der Waals surface area contributed by atoms with Gasteiger partial charge in [-0.3, -0.25) is 0 Å². The van der Waals surface area contributed by atoms with Gasteiger partial charge in [-0.2, -0.15) is 0 Å². The molecule has 0 unspecified atom stereocenters. The second kappa shape index (κ2) is 8.15. The summed E-state index contributed by atoms with van der Waals surface area (Å²) in [5, 5.41) is 8.64. The van der Waals surface area contributed by atoms with Gasteiger partial charge in [0.2, 0.25) is 0 Å². The summed E-state index contributed by atoms with van der Waals surface area (Å²) in [6, 6.07) is 30.5. The Kier molecular flexibility index (Phi) is 4.87. The first-order valence-electron chi connectivity index (χ1n) is 10.4. The predicted octanol–water partition coefficient (Wildman–Crippen LogP) is 8.42. The smallest absolute Gasteiger partial charge is 0.123 e. The van der Waals surface area contributed by atoms with Crippen molar-refractivity contribution in [3.8, 4) is 43.4 Å². The number of aromatic nitrogens is 2. The Hall–Kier alpha value is -3.60. The van der Waals surface area contributed by atoms with Crippen LogP contribution in [0.4, 0.5) is 0 Å². The molecule has 0 fully saturated rings. The van der Waals surface area contributed by atoms with Gasteiger partial charge < -0.3 is 0 Å². The van der Waals surface area contributed by atoms with E-state index < -0.39 is 0 Å². The Morgan fingerprint density at radius 1 is 0.469 bits per heavy atom. The van der Waals surface area contributed by atoms with Crippen molar-refractivity contribution in [2.24, 2.45) is 0 Å². The zero-order valence-electron chi connectivity index (χ0n) is 17.1. The molecule has 2 heterocycles. The third kappa shape index (κ3) is 3.44. The lowest BCUT2D eigenvalue weighted by Crippen LogP contribution is -1.87. The van der Waals surface area contributed by atoms with E-state index in [0.29, 0.717) is 0 Å². The molecule has 4 aromatic carbocycles. The summed E-state index contributed by atoms with van der Waals surface area (Å²) in [6.45, 7) is 0. The molecule has 2 nitrogen and oxygen atoms in total. The number of hydrogen-bond acceptors (Lipinski definition) is 4. The quantitative estimate of drug-likeness (QED) is 0.271. The van der Waals surface area contributed by atoms with Crippen molar-refractivity contribution in [3.63, 3.8) is 0 Å². The Morgan fingerprint density at radius 2 is 0.938 bits per heavy atom. The second-order valence-electron chi connectivity index (χ2n) is 7.54. The summed E-state index contributed by atoms with van der Waals surface area (Å²) in [4.78, 5) is 8.96. The minimum absolute atomic E-state index is 1.05. The van der Waals surface area contributed by atoms with Crippen molar-refractivity contribution >= 4 is 33.4 Å². The van der Waals surface area contributed by atoms with Gasteiger partial charge in [0.15, 0.2) is 0 Å². The van der Waals surface area contributed by atoms with Crippen LogP contribution in [0.2, 0.25) is 0 Å². The van der Waals surface area contributed by atoms with Gasteiger partial charge in [0.1, 0.15) is 10.0 Å². The van der Waals surface area contributed by atoms with Crippen LogP contribution >= 0.6 is 22.7 Å². The highest BCUT2D eigenvalue weighted by Crippen LogP contribution is 2.38. The Labute approximate surface area is 194 Å². The molecule has 2 aromatic heterocycles. The zero-order valence-corrected chi connectivity index (χ0v) is 18.7. The fourth-order valence-electron chi connectivity index (χ4n) is 4.17. The topological polar surface area (TPSA) is 25.8 Å². The van der Waals surface area contributed by atoms with Crippen molar-refractivity contribution in [3.05, 3.63) is 108 Å². The number of fused-ring (bicyclic) bond motifs is 1. The van der Waals surface area contributed by atoms with E-state index in [4.69, 9.17) is 0 Å². The number of nitrogens with zero attached hydrogens (tertiary/aromatic N) is 2. The van der Waals surface area contributed by atoms with Crippen molar-refractivity contribution in [1.29, 1.82) is 0 Å².